The van der Waals surface area contributed by atoms with Crippen LogP contribution in [0.3, 0.4) is 0 Å². The van der Waals surface area contributed by atoms with E-state index in [1.54, 1.807) is 0 Å². The Morgan fingerprint density at radius 2 is 1.76 bits per heavy atom. The second kappa shape index (κ2) is 4.33. The first-order chi connectivity index (χ1) is 7.99. The van der Waals surface area contributed by atoms with Crippen LogP contribution in [-0.2, 0) is 4.79 Å². The SMILES string of the molecule is CC1(C)CC1C(=O)NC1(C#N)CCCCCC1. The number of hydrogen-bond donors (Lipinski definition) is 1. The zero-order valence-electron chi connectivity index (χ0n) is 10.9. The molecule has 0 aromatic carbocycles. The quantitative estimate of drug-likeness (QED) is 0.747. The molecule has 1 N–H and O–H groups in total. The van der Waals surface area contributed by atoms with Gasteiger partial charge in [-0.15, -0.1) is 0 Å². The van der Waals surface area contributed by atoms with Crippen molar-refractivity contribution in [3.63, 3.8) is 0 Å². The molecule has 0 aromatic heterocycles. The topological polar surface area (TPSA) is 52.9 Å². The van der Waals surface area contributed by atoms with E-state index in [0.29, 0.717) is 0 Å². The van der Waals surface area contributed by atoms with Crippen molar-refractivity contribution in [2.75, 3.05) is 0 Å². The van der Waals surface area contributed by atoms with Crippen LogP contribution in [0.15, 0.2) is 0 Å². The van der Waals surface area contributed by atoms with E-state index in [2.05, 4.69) is 25.2 Å². The number of hydrogen-bond acceptors (Lipinski definition) is 2. The summed E-state index contributed by atoms with van der Waals surface area (Å²) in [4.78, 5) is 12.1. The first-order valence-corrected chi connectivity index (χ1v) is 6.72. The second-order valence-corrected chi connectivity index (χ2v) is 6.34. The van der Waals surface area contributed by atoms with Gasteiger partial charge in [0.1, 0.15) is 5.54 Å². The fourth-order valence-corrected chi connectivity index (χ4v) is 2.83. The maximum Gasteiger partial charge on any atom is 0.224 e. The molecule has 2 saturated carbocycles. The van der Waals surface area contributed by atoms with Crippen LogP contribution in [-0.4, -0.2) is 11.4 Å². The zero-order valence-corrected chi connectivity index (χ0v) is 10.9. The first-order valence-electron chi connectivity index (χ1n) is 6.72. The molecule has 0 spiro atoms. The van der Waals surface area contributed by atoms with E-state index in [-0.39, 0.29) is 17.2 Å². The monoisotopic (exact) mass is 234 g/mol. The summed E-state index contributed by atoms with van der Waals surface area (Å²) < 4.78 is 0. The molecule has 0 radical (unpaired) electrons. The van der Waals surface area contributed by atoms with Crippen LogP contribution >= 0.6 is 0 Å². The summed E-state index contributed by atoms with van der Waals surface area (Å²) >= 11 is 0. The molecule has 3 heteroatoms. The smallest absolute Gasteiger partial charge is 0.224 e. The van der Waals surface area contributed by atoms with Crippen LogP contribution in [0.1, 0.15) is 58.8 Å². The molecule has 94 valence electrons. The van der Waals surface area contributed by atoms with Gasteiger partial charge in [0.25, 0.3) is 0 Å². The molecule has 2 fully saturated rings. The molecule has 0 aromatic rings. The number of rotatable bonds is 2. The highest BCUT2D eigenvalue weighted by Crippen LogP contribution is 2.51. The number of carbonyl (C=O) groups excluding carboxylic acids is 1. The molecule has 0 heterocycles. The minimum absolute atomic E-state index is 0.0958. The van der Waals surface area contributed by atoms with Crippen LogP contribution in [0.25, 0.3) is 0 Å². The van der Waals surface area contributed by atoms with Crippen molar-refractivity contribution in [3.05, 3.63) is 0 Å². The Morgan fingerprint density at radius 3 is 2.18 bits per heavy atom. The van der Waals surface area contributed by atoms with Gasteiger partial charge in [0, 0.05) is 5.92 Å². The van der Waals surface area contributed by atoms with Gasteiger partial charge in [-0.25, -0.2) is 0 Å². The highest BCUT2D eigenvalue weighted by molar-refractivity contribution is 5.83. The van der Waals surface area contributed by atoms with E-state index in [1.165, 1.54) is 12.8 Å². The van der Waals surface area contributed by atoms with Gasteiger partial charge in [-0.2, -0.15) is 5.26 Å². The van der Waals surface area contributed by atoms with Crippen molar-refractivity contribution in [2.24, 2.45) is 11.3 Å². The van der Waals surface area contributed by atoms with Crippen LogP contribution in [0, 0.1) is 22.7 Å². The van der Waals surface area contributed by atoms with Gasteiger partial charge in [0.05, 0.1) is 6.07 Å². The maximum atomic E-state index is 12.1. The molecule has 17 heavy (non-hydrogen) atoms. The summed E-state index contributed by atoms with van der Waals surface area (Å²) in [7, 11) is 0. The predicted octanol–water partition coefficient (Wildman–Crippen LogP) is 2.77. The Morgan fingerprint density at radius 1 is 1.24 bits per heavy atom. The van der Waals surface area contributed by atoms with Gasteiger partial charge in [-0.1, -0.05) is 39.5 Å². The standard InChI is InChI=1S/C14H22N2O/c1-13(2)9-11(13)12(17)16-14(10-15)7-5-3-4-6-8-14/h11H,3-9H2,1-2H3,(H,16,17). The fourth-order valence-electron chi connectivity index (χ4n) is 2.83. The van der Waals surface area contributed by atoms with Gasteiger partial charge in [-0.05, 0) is 24.7 Å². The molecular weight excluding hydrogens is 212 g/mol. The predicted molar refractivity (Wildman–Crippen MR) is 66.1 cm³/mol. The van der Waals surface area contributed by atoms with E-state index >= 15 is 0 Å². The van der Waals surface area contributed by atoms with Gasteiger partial charge < -0.3 is 5.32 Å². The van der Waals surface area contributed by atoms with Crippen molar-refractivity contribution in [1.82, 2.24) is 5.32 Å². The fraction of sp³-hybridized carbons (Fsp3) is 0.857. The highest BCUT2D eigenvalue weighted by atomic mass is 16.2. The second-order valence-electron chi connectivity index (χ2n) is 6.34. The number of nitriles is 1. The number of nitrogens with one attached hydrogen (secondary N) is 1. The summed E-state index contributed by atoms with van der Waals surface area (Å²) in [5.41, 5.74) is -0.433. The Bertz CT molecular complexity index is 346. The Balaban J connectivity index is 1.99. The molecule has 0 saturated heterocycles. The lowest BCUT2D eigenvalue weighted by Crippen LogP contribution is -2.48. The average molecular weight is 234 g/mol. The van der Waals surface area contributed by atoms with Crippen LogP contribution in [0.4, 0.5) is 0 Å². The van der Waals surface area contributed by atoms with Crippen molar-refractivity contribution >= 4 is 5.91 Å². The normalized spacial score (nSPS) is 29.8. The van der Waals surface area contributed by atoms with Crippen molar-refractivity contribution < 1.29 is 4.79 Å². The summed E-state index contributed by atoms with van der Waals surface area (Å²) in [6.07, 6.45) is 7.09. The summed E-state index contributed by atoms with van der Waals surface area (Å²) in [5.74, 6) is 0.217. The van der Waals surface area contributed by atoms with Crippen LogP contribution < -0.4 is 5.32 Å². The molecule has 1 unspecified atom stereocenters. The molecule has 0 aliphatic heterocycles. The Hall–Kier alpha value is -1.04. The minimum Gasteiger partial charge on any atom is -0.338 e. The number of carbonyl (C=O) groups is 1. The van der Waals surface area contributed by atoms with E-state index in [9.17, 15) is 10.1 Å². The average Bonchev–Trinajstić information content (AvgIpc) is 2.97. The third kappa shape index (κ3) is 2.62. The molecule has 2 aliphatic carbocycles. The lowest BCUT2D eigenvalue weighted by Gasteiger charge is -2.26. The summed E-state index contributed by atoms with van der Waals surface area (Å²) in [5, 5.41) is 12.4. The lowest BCUT2D eigenvalue weighted by molar-refractivity contribution is -0.124. The minimum atomic E-state index is -0.577. The molecule has 0 bridgehead atoms. The summed E-state index contributed by atoms with van der Waals surface area (Å²) in [6.45, 7) is 4.23. The molecule has 2 rings (SSSR count). The largest absolute Gasteiger partial charge is 0.338 e. The Labute approximate surface area is 104 Å². The van der Waals surface area contributed by atoms with E-state index in [1.807, 2.05) is 0 Å². The van der Waals surface area contributed by atoms with E-state index < -0.39 is 5.54 Å². The lowest BCUT2D eigenvalue weighted by atomic mass is 9.91. The molecule has 3 nitrogen and oxygen atoms in total. The van der Waals surface area contributed by atoms with Crippen LogP contribution in [0.2, 0.25) is 0 Å². The van der Waals surface area contributed by atoms with Gasteiger partial charge in [0.15, 0.2) is 0 Å². The number of nitrogens with zero attached hydrogens (tertiary/aromatic N) is 1. The number of amides is 1. The third-order valence-electron chi connectivity index (χ3n) is 4.36. The third-order valence-corrected chi connectivity index (χ3v) is 4.36. The van der Waals surface area contributed by atoms with Crippen LogP contribution in [0.5, 0.6) is 0 Å². The Kier molecular flexibility index (Phi) is 3.16. The van der Waals surface area contributed by atoms with Crippen molar-refractivity contribution in [1.29, 1.82) is 5.26 Å². The van der Waals surface area contributed by atoms with Gasteiger partial charge in [-0.3, -0.25) is 4.79 Å². The highest BCUT2D eigenvalue weighted by Gasteiger charge is 2.52. The molecular formula is C14H22N2O. The molecule has 1 atom stereocenters. The van der Waals surface area contributed by atoms with Gasteiger partial charge >= 0.3 is 0 Å². The van der Waals surface area contributed by atoms with Gasteiger partial charge in [0.2, 0.25) is 5.91 Å². The van der Waals surface area contributed by atoms with Crippen molar-refractivity contribution in [3.8, 4) is 6.07 Å². The molecule has 2 aliphatic rings. The zero-order chi connectivity index (χ0) is 12.5. The molecule has 1 amide bonds. The maximum absolute atomic E-state index is 12.1. The summed E-state index contributed by atoms with van der Waals surface area (Å²) in [6, 6.07) is 2.37. The van der Waals surface area contributed by atoms with E-state index in [0.717, 1.165) is 32.1 Å². The van der Waals surface area contributed by atoms with Crippen molar-refractivity contribution in [2.45, 2.75) is 64.3 Å². The first kappa shape index (κ1) is 12.4. The van der Waals surface area contributed by atoms with E-state index in [4.69, 9.17) is 0 Å².